The monoisotopic (exact) mass is 269 g/mol. The van der Waals surface area contributed by atoms with Crippen molar-refractivity contribution in [1.82, 2.24) is 10.2 Å². The number of nitrogens with zero attached hydrogens (tertiary/aromatic N) is 1. The summed E-state index contributed by atoms with van der Waals surface area (Å²) in [6, 6.07) is 0.581. The van der Waals surface area contributed by atoms with Gasteiger partial charge in [-0.2, -0.15) is 0 Å². The molecule has 1 rings (SSSR count). The van der Waals surface area contributed by atoms with Gasteiger partial charge in [0, 0.05) is 25.6 Å². The lowest BCUT2D eigenvalue weighted by molar-refractivity contribution is -0.123. The summed E-state index contributed by atoms with van der Waals surface area (Å²) in [6.07, 6.45) is 2.75. The van der Waals surface area contributed by atoms with Crippen molar-refractivity contribution in [3.05, 3.63) is 0 Å². The molecule has 1 saturated heterocycles. The van der Waals surface area contributed by atoms with Crippen molar-refractivity contribution in [2.75, 3.05) is 26.7 Å². The molecule has 3 N–H and O–H groups in total. The van der Waals surface area contributed by atoms with Crippen LogP contribution in [0.4, 0.5) is 0 Å². The topological polar surface area (TPSA) is 58.4 Å². The number of carbonyl (C=O) groups is 1. The van der Waals surface area contributed by atoms with Gasteiger partial charge in [-0.05, 0) is 38.3 Å². The van der Waals surface area contributed by atoms with Gasteiger partial charge in [0.05, 0.1) is 6.04 Å². The minimum atomic E-state index is 0.123. The molecule has 1 fully saturated rings. The smallest absolute Gasteiger partial charge is 0.149 e. The second kappa shape index (κ2) is 7.98. The predicted octanol–water partition coefficient (Wildman–Crippen LogP) is 1.25. The van der Waals surface area contributed by atoms with Crippen LogP contribution in [0.25, 0.3) is 0 Å². The highest BCUT2D eigenvalue weighted by atomic mass is 16.1. The van der Waals surface area contributed by atoms with E-state index in [4.69, 9.17) is 5.73 Å². The zero-order chi connectivity index (χ0) is 14.4. The highest BCUT2D eigenvalue weighted by Crippen LogP contribution is 2.23. The van der Waals surface area contributed by atoms with Crippen LogP contribution in [0.3, 0.4) is 0 Å². The molecule has 1 heterocycles. The van der Waals surface area contributed by atoms with Crippen molar-refractivity contribution >= 4 is 5.78 Å². The zero-order valence-corrected chi connectivity index (χ0v) is 13.0. The number of Topliss-reactive ketones (excluding diaryl/α,β-unsaturated/α-hetero) is 1. The summed E-state index contributed by atoms with van der Waals surface area (Å²) >= 11 is 0. The van der Waals surface area contributed by atoms with Crippen LogP contribution in [0.2, 0.25) is 0 Å². The molecule has 0 aromatic heterocycles. The Morgan fingerprint density at radius 2 is 2.11 bits per heavy atom. The molecule has 0 aliphatic carbocycles. The summed E-state index contributed by atoms with van der Waals surface area (Å²) in [5.74, 6) is 1.55. The molecule has 0 bridgehead atoms. The highest BCUT2D eigenvalue weighted by molar-refractivity contribution is 5.84. The van der Waals surface area contributed by atoms with Crippen molar-refractivity contribution in [3.63, 3.8) is 0 Å². The average molecular weight is 269 g/mol. The van der Waals surface area contributed by atoms with Crippen LogP contribution in [0.5, 0.6) is 0 Å². The van der Waals surface area contributed by atoms with Crippen molar-refractivity contribution in [2.24, 2.45) is 17.6 Å². The van der Waals surface area contributed by atoms with Crippen LogP contribution in [0.1, 0.15) is 40.0 Å². The maximum absolute atomic E-state index is 12.1. The van der Waals surface area contributed by atoms with Gasteiger partial charge in [0.1, 0.15) is 5.78 Å². The first kappa shape index (κ1) is 16.6. The standard InChI is InChI=1S/C15H31N3O/c1-5-15(19)14-7-13(17-4)10-18(14)9-12(3)6-11(2)8-16/h11-14,17H,5-10,16H2,1-4H3/t11?,12?,13?,14-/m0/s1. The Hall–Kier alpha value is -0.450. The summed E-state index contributed by atoms with van der Waals surface area (Å²) in [5, 5.41) is 3.31. The molecular formula is C15H31N3O. The van der Waals surface area contributed by atoms with Crippen molar-refractivity contribution in [1.29, 1.82) is 0 Å². The molecule has 4 atom stereocenters. The first-order chi connectivity index (χ1) is 9.01. The fourth-order valence-corrected chi connectivity index (χ4v) is 3.14. The molecule has 1 aliphatic rings. The normalized spacial score (nSPS) is 27.4. The lowest BCUT2D eigenvalue weighted by Gasteiger charge is -2.27. The largest absolute Gasteiger partial charge is 0.330 e. The minimum Gasteiger partial charge on any atom is -0.330 e. The van der Waals surface area contributed by atoms with Crippen molar-refractivity contribution < 1.29 is 4.79 Å². The Bertz CT molecular complexity index is 283. The van der Waals surface area contributed by atoms with Gasteiger partial charge in [0.25, 0.3) is 0 Å². The lowest BCUT2D eigenvalue weighted by atomic mass is 9.96. The number of hydrogen-bond donors (Lipinski definition) is 2. The van der Waals surface area contributed by atoms with Crippen molar-refractivity contribution in [3.8, 4) is 0 Å². The number of ketones is 1. The molecular weight excluding hydrogens is 238 g/mol. The molecule has 1 aliphatic heterocycles. The molecule has 0 radical (unpaired) electrons. The second-order valence-corrected chi connectivity index (χ2v) is 6.19. The Morgan fingerprint density at radius 3 is 2.63 bits per heavy atom. The van der Waals surface area contributed by atoms with Crippen molar-refractivity contribution in [2.45, 2.75) is 52.1 Å². The van der Waals surface area contributed by atoms with Crippen LogP contribution in [0, 0.1) is 11.8 Å². The van der Waals surface area contributed by atoms with E-state index in [2.05, 4.69) is 24.1 Å². The Labute approximate surface area is 118 Å². The third-order valence-electron chi connectivity index (χ3n) is 4.29. The van der Waals surface area contributed by atoms with Gasteiger partial charge in [0.2, 0.25) is 0 Å². The zero-order valence-electron chi connectivity index (χ0n) is 13.0. The fraction of sp³-hybridized carbons (Fsp3) is 0.933. The molecule has 0 aromatic carbocycles. The summed E-state index contributed by atoms with van der Waals surface area (Å²) < 4.78 is 0. The molecule has 0 amide bonds. The summed E-state index contributed by atoms with van der Waals surface area (Å²) in [4.78, 5) is 14.4. The number of nitrogens with one attached hydrogen (secondary N) is 1. The molecule has 19 heavy (non-hydrogen) atoms. The van der Waals surface area contributed by atoms with Gasteiger partial charge in [-0.3, -0.25) is 9.69 Å². The quantitative estimate of drug-likeness (QED) is 0.696. The maximum Gasteiger partial charge on any atom is 0.149 e. The number of rotatable bonds is 8. The molecule has 0 spiro atoms. The number of likely N-dealkylation sites (N-methyl/N-ethyl adjacent to an activating group) is 1. The van der Waals surface area contributed by atoms with E-state index in [1.807, 2.05) is 14.0 Å². The van der Waals surface area contributed by atoms with E-state index in [1.54, 1.807) is 0 Å². The second-order valence-electron chi connectivity index (χ2n) is 6.19. The predicted molar refractivity (Wildman–Crippen MR) is 80.1 cm³/mol. The maximum atomic E-state index is 12.1. The number of hydrogen-bond acceptors (Lipinski definition) is 4. The Morgan fingerprint density at radius 1 is 1.42 bits per heavy atom. The van der Waals surface area contributed by atoms with E-state index >= 15 is 0 Å². The van der Waals surface area contributed by atoms with E-state index < -0.39 is 0 Å². The lowest BCUT2D eigenvalue weighted by Crippen LogP contribution is -2.39. The minimum absolute atomic E-state index is 0.123. The van der Waals surface area contributed by atoms with E-state index in [9.17, 15) is 4.79 Å². The van der Waals surface area contributed by atoms with Gasteiger partial charge in [-0.1, -0.05) is 20.8 Å². The van der Waals surface area contributed by atoms with Crippen LogP contribution in [0.15, 0.2) is 0 Å². The third kappa shape index (κ3) is 4.86. The van der Waals surface area contributed by atoms with Gasteiger partial charge in [-0.25, -0.2) is 0 Å². The summed E-state index contributed by atoms with van der Waals surface area (Å²) in [7, 11) is 1.99. The van der Waals surface area contributed by atoms with E-state index in [0.717, 1.165) is 32.5 Å². The third-order valence-corrected chi connectivity index (χ3v) is 4.29. The van der Waals surface area contributed by atoms with E-state index in [0.29, 0.717) is 30.1 Å². The SMILES string of the molecule is CCC(=O)[C@@H]1CC(NC)CN1CC(C)CC(C)CN. The number of nitrogens with two attached hydrogens (primary N) is 1. The first-order valence-electron chi connectivity index (χ1n) is 7.65. The number of likely N-dealkylation sites (tertiary alicyclic amines) is 1. The van der Waals surface area contributed by atoms with Gasteiger partial charge in [-0.15, -0.1) is 0 Å². The molecule has 3 unspecified atom stereocenters. The molecule has 0 saturated carbocycles. The highest BCUT2D eigenvalue weighted by Gasteiger charge is 2.35. The summed E-state index contributed by atoms with van der Waals surface area (Å²) in [6.45, 7) is 9.19. The summed E-state index contributed by atoms with van der Waals surface area (Å²) in [5.41, 5.74) is 5.69. The average Bonchev–Trinajstić information content (AvgIpc) is 2.80. The van der Waals surface area contributed by atoms with E-state index in [1.165, 1.54) is 0 Å². The Kier molecular flexibility index (Phi) is 6.97. The van der Waals surface area contributed by atoms with E-state index in [-0.39, 0.29) is 6.04 Å². The van der Waals surface area contributed by atoms with Gasteiger partial charge < -0.3 is 11.1 Å². The van der Waals surface area contributed by atoms with Crippen LogP contribution < -0.4 is 11.1 Å². The fourth-order valence-electron chi connectivity index (χ4n) is 3.14. The molecule has 4 nitrogen and oxygen atoms in total. The van der Waals surface area contributed by atoms with Crippen LogP contribution >= 0.6 is 0 Å². The number of carbonyl (C=O) groups excluding carboxylic acids is 1. The molecule has 4 heteroatoms. The molecule has 112 valence electrons. The Balaban J connectivity index is 2.55. The first-order valence-corrected chi connectivity index (χ1v) is 7.65. The van der Waals surface area contributed by atoms with Gasteiger partial charge >= 0.3 is 0 Å². The van der Waals surface area contributed by atoms with Gasteiger partial charge in [0.15, 0.2) is 0 Å². The van der Waals surface area contributed by atoms with Crippen LogP contribution in [-0.4, -0.2) is 49.4 Å². The van der Waals surface area contributed by atoms with Crippen LogP contribution in [-0.2, 0) is 4.79 Å². The molecule has 0 aromatic rings.